The van der Waals surface area contributed by atoms with E-state index in [-0.39, 0.29) is 0 Å². The second kappa shape index (κ2) is 6.32. The van der Waals surface area contributed by atoms with Gasteiger partial charge in [-0.1, -0.05) is 0 Å². The lowest BCUT2D eigenvalue weighted by Crippen LogP contribution is -2.37. The van der Waals surface area contributed by atoms with Crippen LogP contribution in [-0.4, -0.2) is 47.1 Å². The fraction of sp³-hybridized carbons (Fsp3) is 0.529. The molecule has 4 heterocycles. The first kappa shape index (κ1) is 15.3. The van der Waals surface area contributed by atoms with Gasteiger partial charge in [0, 0.05) is 38.2 Å². The molecule has 3 aromatic rings. The topological polar surface area (TPSA) is 64.1 Å². The van der Waals surface area contributed by atoms with E-state index < -0.39 is 0 Å². The van der Waals surface area contributed by atoms with Crippen molar-refractivity contribution in [1.82, 2.24) is 34.0 Å². The van der Waals surface area contributed by atoms with Gasteiger partial charge in [-0.05, 0) is 45.2 Å². The molecule has 0 amide bonds. The zero-order valence-electron chi connectivity index (χ0n) is 14.3. The number of fused-ring (bicyclic) bond motifs is 1. The summed E-state index contributed by atoms with van der Waals surface area (Å²) < 4.78 is 4.04. The lowest BCUT2D eigenvalue weighted by Gasteiger charge is -2.32. The summed E-state index contributed by atoms with van der Waals surface area (Å²) >= 11 is 0. The number of hydrogen-bond donors (Lipinski definition) is 0. The Morgan fingerprint density at radius 1 is 1.25 bits per heavy atom. The molecule has 0 saturated carbocycles. The first-order chi connectivity index (χ1) is 11.7. The number of rotatable bonds is 4. The average Bonchev–Trinajstić information content (AvgIpc) is 3.10. The summed E-state index contributed by atoms with van der Waals surface area (Å²) in [5, 5.41) is 4.51. The number of aromatic nitrogens is 6. The van der Waals surface area contributed by atoms with Gasteiger partial charge in [0.05, 0.1) is 5.69 Å². The molecule has 0 spiro atoms. The third kappa shape index (κ3) is 3.17. The Morgan fingerprint density at radius 3 is 2.96 bits per heavy atom. The van der Waals surface area contributed by atoms with Crippen LogP contribution in [0.2, 0.25) is 0 Å². The van der Waals surface area contributed by atoms with Crippen LogP contribution in [-0.2, 0) is 13.1 Å². The first-order valence-electron chi connectivity index (χ1n) is 8.56. The van der Waals surface area contributed by atoms with E-state index in [1.165, 1.54) is 12.8 Å². The van der Waals surface area contributed by atoms with Gasteiger partial charge >= 0.3 is 0 Å². The summed E-state index contributed by atoms with van der Waals surface area (Å²) in [5.74, 6) is 3.26. The molecule has 0 bridgehead atoms. The smallest absolute Gasteiger partial charge is 0.233 e. The second-order valence-electron chi connectivity index (χ2n) is 6.69. The van der Waals surface area contributed by atoms with E-state index in [2.05, 4.69) is 35.8 Å². The van der Waals surface area contributed by atoms with Crippen LogP contribution in [0.3, 0.4) is 0 Å². The van der Waals surface area contributed by atoms with E-state index in [0.717, 1.165) is 49.3 Å². The van der Waals surface area contributed by atoms with E-state index in [9.17, 15) is 0 Å². The van der Waals surface area contributed by atoms with Crippen LogP contribution >= 0.6 is 0 Å². The van der Waals surface area contributed by atoms with Crippen LogP contribution in [0.4, 0.5) is 0 Å². The van der Waals surface area contributed by atoms with Crippen molar-refractivity contribution in [3.05, 3.63) is 42.0 Å². The minimum Gasteiger partial charge on any atom is -0.297 e. The Labute approximate surface area is 141 Å². The van der Waals surface area contributed by atoms with Crippen molar-refractivity contribution in [2.45, 2.75) is 39.8 Å². The predicted octanol–water partition coefficient (Wildman–Crippen LogP) is 1.85. The van der Waals surface area contributed by atoms with Gasteiger partial charge in [-0.15, -0.1) is 0 Å². The van der Waals surface area contributed by atoms with Gasteiger partial charge in [0.2, 0.25) is 5.78 Å². The molecule has 0 aliphatic carbocycles. The minimum absolute atomic E-state index is 0.619. The Morgan fingerprint density at radius 2 is 2.17 bits per heavy atom. The molecule has 1 aliphatic heterocycles. The molecule has 24 heavy (non-hydrogen) atoms. The lowest BCUT2D eigenvalue weighted by molar-refractivity contribution is 0.151. The van der Waals surface area contributed by atoms with E-state index in [1.807, 2.05) is 30.5 Å². The molecule has 126 valence electrons. The van der Waals surface area contributed by atoms with Gasteiger partial charge in [0.1, 0.15) is 11.6 Å². The number of aryl methyl sites for hydroxylation is 2. The maximum Gasteiger partial charge on any atom is 0.233 e. The molecule has 1 saturated heterocycles. The first-order valence-corrected chi connectivity index (χ1v) is 8.56. The summed E-state index contributed by atoms with van der Waals surface area (Å²) in [7, 11) is 0. The number of hydrogen-bond acceptors (Lipinski definition) is 5. The summed E-state index contributed by atoms with van der Waals surface area (Å²) in [5.41, 5.74) is 1.09. The van der Waals surface area contributed by atoms with Gasteiger partial charge in [0.15, 0.2) is 0 Å². The SMILES string of the molecule is Cc1nc(C)n(CC2CCCN(Cc3cn4cccnc4n3)C2)n1. The third-order valence-electron chi connectivity index (χ3n) is 4.67. The van der Waals surface area contributed by atoms with Crippen LogP contribution < -0.4 is 0 Å². The van der Waals surface area contributed by atoms with Crippen LogP contribution in [0.5, 0.6) is 0 Å². The molecule has 0 N–H and O–H groups in total. The van der Waals surface area contributed by atoms with E-state index in [1.54, 1.807) is 6.20 Å². The molecule has 0 aromatic carbocycles. The summed E-state index contributed by atoms with van der Waals surface area (Å²) in [6.45, 7) is 8.04. The van der Waals surface area contributed by atoms with Gasteiger partial charge in [0.25, 0.3) is 0 Å². The van der Waals surface area contributed by atoms with Crippen molar-refractivity contribution in [2.24, 2.45) is 5.92 Å². The largest absolute Gasteiger partial charge is 0.297 e. The molecule has 3 aromatic heterocycles. The van der Waals surface area contributed by atoms with Crippen LogP contribution in [0.25, 0.3) is 5.78 Å². The number of nitrogens with zero attached hydrogens (tertiary/aromatic N) is 7. The fourth-order valence-corrected chi connectivity index (χ4v) is 3.61. The minimum atomic E-state index is 0.619. The zero-order valence-corrected chi connectivity index (χ0v) is 14.3. The molecule has 0 radical (unpaired) electrons. The number of likely N-dealkylation sites (tertiary alicyclic amines) is 1. The molecular formula is C17H23N7. The quantitative estimate of drug-likeness (QED) is 0.732. The summed E-state index contributed by atoms with van der Waals surface area (Å²) in [4.78, 5) is 15.8. The molecular weight excluding hydrogens is 302 g/mol. The monoisotopic (exact) mass is 325 g/mol. The second-order valence-corrected chi connectivity index (χ2v) is 6.69. The maximum atomic E-state index is 4.62. The average molecular weight is 325 g/mol. The molecule has 7 nitrogen and oxygen atoms in total. The van der Waals surface area contributed by atoms with Crippen molar-refractivity contribution in [2.75, 3.05) is 13.1 Å². The molecule has 4 rings (SSSR count). The number of piperidine rings is 1. The van der Waals surface area contributed by atoms with Gasteiger partial charge < -0.3 is 0 Å². The van der Waals surface area contributed by atoms with Crippen molar-refractivity contribution in [1.29, 1.82) is 0 Å². The van der Waals surface area contributed by atoms with Crippen LogP contribution in [0.15, 0.2) is 24.7 Å². The summed E-state index contributed by atoms with van der Waals surface area (Å²) in [6, 6.07) is 1.93. The standard InChI is InChI=1S/C17H23N7/c1-13-19-14(2)24(21-13)10-15-5-3-7-22(9-15)11-16-12-23-8-4-6-18-17(23)20-16/h4,6,8,12,15H,3,5,7,9-11H2,1-2H3. The normalized spacial score (nSPS) is 19.2. The van der Waals surface area contributed by atoms with Crippen molar-refractivity contribution < 1.29 is 0 Å². The Kier molecular flexibility index (Phi) is 4.02. The van der Waals surface area contributed by atoms with Gasteiger partial charge in [-0.3, -0.25) is 9.30 Å². The molecule has 1 aliphatic rings. The highest BCUT2D eigenvalue weighted by Gasteiger charge is 2.22. The molecule has 1 unspecified atom stereocenters. The van der Waals surface area contributed by atoms with Crippen molar-refractivity contribution in [3.8, 4) is 0 Å². The zero-order chi connectivity index (χ0) is 16.5. The van der Waals surface area contributed by atoms with Crippen LogP contribution in [0, 0.1) is 19.8 Å². The van der Waals surface area contributed by atoms with Gasteiger partial charge in [-0.2, -0.15) is 5.10 Å². The molecule has 1 atom stereocenters. The highest BCUT2D eigenvalue weighted by molar-refractivity contribution is 5.29. The van der Waals surface area contributed by atoms with Crippen molar-refractivity contribution in [3.63, 3.8) is 0 Å². The maximum absolute atomic E-state index is 4.62. The molecule has 7 heteroatoms. The fourth-order valence-electron chi connectivity index (χ4n) is 3.61. The Hall–Kier alpha value is -2.28. The van der Waals surface area contributed by atoms with E-state index in [0.29, 0.717) is 5.92 Å². The lowest BCUT2D eigenvalue weighted by atomic mass is 9.98. The summed E-state index contributed by atoms with van der Waals surface area (Å²) in [6.07, 6.45) is 8.33. The molecule has 1 fully saturated rings. The van der Waals surface area contributed by atoms with E-state index in [4.69, 9.17) is 0 Å². The highest BCUT2D eigenvalue weighted by atomic mass is 15.3. The Balaban J connectivity index is 1.42. The third-order valence-corrected chi connectivity index (χ3v) is 4.67. The number of imidazole rings is 1. The van der Waals surface area contributed by atoms with E-state index >= 15 is 0 Å². The predicted molar refractivity (Wildman–Crippen MR) is 90.5 cm³/mol. The van der Waals surface area contributed by atoms with Crippen molar-refractivity contribution >= 4 is 5.78 Å². The van der Waals surface area contributed by atoms with Crippen LogP contribution in [0.1, 0.15) is 30.2 Å². The Bertz CT molecular complexity index is 801. The van der Waals surface area contributed by atoms with Gasteiger partial charge in [-0.25, -0.2) is 19.6 Å². The highest BCUT2D eigenvalue weighted by Crippen LogP contribution is 2.20.